The second-order valence-electron chi connectivity index (χ2n) is 12.1. The zero-order chi connectivity index (χ0) is 33.7. The number of pyridine rings is 1. The highest BCUT2D eigenvalue weighted by Crippen LogP contribution is 2.42. The van der Waals surface area contributed by atoms with Crippen LogP contribution in [0.4, 0.5) is 25.0 Å². The molecule has 1 saturated carbocycles. The molecule has 1 aliphatic carbocycles. The molecule has 2 fully saturated rings. The van der Waals surface area contributed by atoms with Crippen LogP contribution < -0.4 is 20.5 Å². The van der Waals surface area contributed by atoms with Crippen LogP contribution in [0.2, 0.25) is 0 Å². The number of unbranched alkanes of at least 4 members (excludes halogenated alkanes) is 1. The molecule has 0 atom stereocenters. The number of likely N-dealkylation sites (tertiary alicyclic amines) is 1. The molecule has 2 heterocycles. The van der Waals surface area contributed by atoms with Crippen molar-refractivity contribution in [2.75, 3.05) is 35.9 Å². The van der Waals surface area contributed by atoms with E-state index in [2.05, 4.69) is 14.9 Å². The van der Waals surface area contributed by atoms with Gasteiger partial charge in [-0.1, -0.05) is 19.4 Å². The maximum Gasteiger partial charge on any atom is 0.322 e. The first-order valence-corrected chi connectivity index (χ1v) is 17.6. The number of nitrogens with one attached hydrogen (secondary N) is 2. The lowest BCUT2D eigenvalue weighted by molar-refractivity contribution is 0.0996. The maximum absolute atomic E-state index is 14.5. The van der Waals surface area contributed by atoms with Gasteiger partial charge in [0.2, 0.25) is 15.9 Å². The Bertz CT molecular complexity index is 1710. The van der Waals surface area contributed by atoms with Crippen LogP contribution in [0.5, 0.6) is 11.6 Å². The number of nitrogens with two attached hydrogens (primary N) is 1. The van der Waals surface area contributed by atoms with Crippen molar-refractivity contribution >= 4 is 33.3 Å². The number of anilines is 2. The molecule has 2 aliphatic rings. The lowest BCUT2D eigenvalue weighted by Gasteiger charge is -2.38. The van der Waals surface area contributed by atoms with E-state index in [4.69, 9.17) is 15.5 Å². The number of ether oxygens (including phenoxy) is 1. The van der Waals surface area contributed by atoms with E-state index in [1.165, 1.54) is 0 Å². The number of carbonyl (C=O) groups excluding carboxylic acids is 2. The molecule has 252 valence electrons. The smallest absolute Gasteiger partial charge is 0.322 e. The highest BCUT2D eigenvalue weighted by atomic mass is 32.2. The topological polar surface area (TPSA) is 147 Å². The van der Waals surface area contributed by atoms with Gasteiger partial charge in [-0.15, -0.1) is 0 Å². The van der Waals surface area contributed by atoms with Crippen LogP contribution in [-0.4, -0.2) is 67.1 Å². The summed E-state index contributed by atoms with van der Waals surface area (Å²) in [5.74, 6) is -1.73. The molecule has 1 aliphatic heterocycles. The van der Waals surface area contributed by atoms with Crippen LogP contribution in [0.3, 0.4) is 0 Å². The van der Waals surface area contributed by atoms with Gasteiger partial charge in [-0.25, -0.2) is 27.0 Å². The first-order valence-electron chi connectivity index (χ1n) is 15.7. The zero-order valence-corrected chi connectivity index (χ0v) is 27.3. The molecule has 4 N–H and O–H groups in total. The minimum absolute atomic E-state index is 0.0762. The molecule has 1 saturated heterocycles. The minimum Gasteiger partial charge on any atom is -0.439 e. The van der Waals surface area contributed by atoms with E-state index < -0.39 is 39.2 Å². The van der Waals surface area contributed by atoms with Crippen molar-refractivity contribution in [2.45, 2.75) is 64.0 Å². The maximum atomic E-state index is 14.5. The van der Waals surface area contributed by atoms with E-state index in [-0.39, 0.29) is 11.7 Å². The number of nitrogens with zero attached hydrogens (tertiary/aromatic N) is 3. The highest BCUT2D eigenvalue weighted by molar-refractivity contribution is 7.92. The van der Waals surface area contributed by atoms with Crippen LogP contribution >= 0.6 is 0 Å². The van der Waals surface area contributed by atoms with Crippen molar-refractivity contribution in [1.29, 1.82) is 0 Å². The standard InChI is InChI=1S/C33H40F2N6O5S/c1-3-4-15-41(33(43)37-29-18-26(32(36)42)27(34)19-28(29)35)24-13-16-40(17-14-24)20-22-7-12-30(38-31(22)21-5-6-21)46-25-10-8-23(9-11-25)39-47(2,44)45/h7-12,18-19,21,24,39H,3-6,13-17,20H2,1-2H3,(H2,36,42)(H,37,43). The number of urea groups is 1. The van der Waals surface area contributed by atoms with Crippen LogP contribution in [0.1, 0.15) is 73.0 Å². The third-order valence-electron chi connectivity index (χ3n) is 8.30. The van der Waals surface area contributed by atoms with Gasteiger partial charge >= 0.3 is 6.03 Å². The summed E-state index contributed by atoms with van der Waals surface area (Å²) >= 11 is 0. The Morgan fingerprint density at radius 3 is 2.36 bits per heavy atom. The van der Waals surface area contributed by atoms with Gasteiger partial charge in [-0.05, 0) is 68.0 Å². The molecule has 3 amide bonds. The number of rotatable bonds is 13. The molecule has 2 aromatic carbocycles. The third kappa shape index (κ3) is 9.16. The summed E-state index contributed by atoms with van der Waals surface area (Å²) in [4.78, 5) is 33.8. The average molecular weight is 671 g/mol. The Morgan fingerprint density at radius 1 is 1.04 bits per heavy atom. The Morgan fingerprint density at radius 2 is 1.74 bits per heavy atom. The number of carbonyl (C=O) groups is 2. The number of hydrogen-bond donors (Lipinski definition) is 3. The first-order chi connectivity index (χ1) is 22.4. The van der Waals surface area contributed by atoms with Crippen molar-refractivity contribution in [1.82, 2.24) is 14.8 Å². The molecule has 3 aromatic rings. The Hall–Kier alpha value is -4.30. The molecule has 47 heavy (non-hydrogen) atoms. The number of amides is 3. The fourth-order valence-electron chi connectivity index (χ4n) is 5.74. The Labute approximate surface area is 273 Å². The second-order valence-corrected chi connectivity index (χ2v) is 13.9. The SMILES string of the molecule is CCCCN(C(=O)Nc1cc(C(N)=O)c(F)cc1F)C1CCN(Cc2ccc(Oc3ccc(NS(C)(=O)=O)cc3)nc2C2CC2)CC1. The second kappa shape index (κ2) is 14.6. The number of benzene rings is 2. The monoisotopic (exact) mass is 670 g/mol. The number of halogens is 2. The molecule has 5 rings (SSSR count). The Balaban J connectivity index is 1.21. The molecule has 0 spiro atoms. The van der Waals surface area contributed by atoms with Crippen molar-refractivity contribution in [2.24, 2.45) is 5.73 Å². The molecule has 0 bridgehead atoms. The fourth-order valence-corrected chi connectivity index (χ4v) is 6.30. The molecule has 11 nitrogen and oxygen atoms in total. The molecule has 1 aromatic heterocycles. The fraction of sp³-hybridized carbons (Fsp3) is 0.424. The number of primary amides is 1. The molecular formula is C33H40F2N6O5S. The summed E-state index contributed by atoms with van der Waals surface area (Å²) in [6, 6.07) is 11.4. The predicted octanol–water partition coefficient (Wildman–Crippen LogP) is 5.80. The van der Waals surface area contributed by atoms with Crippen molar-refractivity contribution in [3.05, 3.63) is 77.0 Å². The number of hydrogen-bond acceptors (Lipinski definition) is 7. The number of piperidine rings is 1. The summed E-state index contributed by atoms with van der Waals surface area (Å²) < 4.78 is 59.8. The summed E-state index contributed by atoms with van der Waals surface area (Å²) in [6.45, 7) is 4.69. The lowest BCUT2D eigenvalue weighted by atomic mass is 10.0. The summed E-state index contributed by atoms with van der Waals surface area (Å²) in [5.41, 5.74) is 7.01. The van der Waals surface area contributed by atoms with E-state index in [9.17, 15) is 26.8 Å². The van der Waals surface area contributed by atoms with Crippen LogP contribution in [0.25, 0.3) is 0 Å². The lowest BCUT2D eigenvalue weighted by Crippen LogP contribution is -2.49. The molecule has 0 unspecified atom stereocenters. The normalized spacial score (nSPS) is 15.7. The Kier molecular flexibility index (Phi) is 10.6. The van der Waals surface area contributed by atoms with Gasteiger partial charge in [0.15, 0.2) is 0 Å². The van der Waals surface area contributed by atoms with Crippen molar-refractivity contribution in [3.8, 4) is 11.6 Å². The summed E-state index contributed by atoms with van der Waals surface area (Å²) in [6.07, 6.45) is 6.28. The largest absolute Gasteiger partial charge is 0.439 e. The van der Waals surface area contributed by atoms with Crippen LogP contribution in [0, 0.1) is 11.6 Å². The van der Waals surface area contributed by atoms with Gasteiger partial charge in [-0.2, -0.15) is 0 Å². The average Bonchev–Trinajstić information content (AvgIpc) is 3.86. The van der Waals surface area contributed by atoms with Gasteiger partial charge in [-0.3, -0.25) is 14.4 Å². The van der Waals surface area contributed by atoms with Crippen LogP contribution in [-0.2, 0) is 16.6 Å². The molecule has 0 radical (unpaired) electrons. The van der Waals surface area contributed by atoms with Gasteiger partial charge in [0.25, 0.3) is 5.91 Å². The number of sulfonamides is 1. The third-order valence-corrected chi connectivity index (χ3v) is 8.91. The first kappa shape index (κ1) is 34.0. The minimum atomic E-state index is -3.37. The van der Waals surface area contributed by atoms with E-state index in [1.54, 1.807) is 29.2 Å². The summed E-state index contributed by atoms with van der Waals surface area (Å²) in [7, 11) is -3.37. The summed E-state index contributed by atoms with van der Waals surface area (Å²) in [5, 5.41) is 2.53. The van der Waals surface area contributed by atoms with E-state index in [1.807, 2.05) is 19.1 Å². The predicted molar refractivity (Wildman–Crippen MR) is 175 cm³/mol. The molecular weight excluding hydrogens is 630 g/mol. The van der Waals surface area contributed by atoms with Crippen LogP contribution in [0.15, 0.2) is 48.5 Å². The quantitative estimate of drug-likeness (QED) is 0.208. The van der Waals surface area contributed by atoms with Gasteiger partial charge in [0.05, 0.1) is 23.2 Å². The van der Waals surface area contributed by atoms with Crippen molar-refractivity contribution in [3.63, 3.8) is 0 Å². The molecule has 14 heteroatoms. The van der Waals surface area contributed by atoms with E-state index >= 15 is 0 Å². The highest BCUT2D eigenvalue weighted by Gasteiger charge is 2.31. The van der Waals surface area contributed by atoms with E-state index in [0.29, 0.717) is 55.2 Å². The number of aromatic nitrogens is 1. The van der Waals surface area contributed by atoms with Gasteiger partial charge in [0, 0.05) is 56.0 Å². The zero-order valence-electron chi connectivity index (χ0n) is 26.5. The van der Waals surface area contributed by atoms with Crippen molar-refractivity contribution < 1.29 is 31.5 Å². The van der Waals surface area contributed by atoms with Gasteiger partial charge < -0.3 is 20.7 Å². The van der Waals surface area contributed by atoms with E-state index in [0.717, 1.165) is 62.4 Å². The van der Waals surface area contributed by atoms with Gasteiger partial charge in [0.1, 0.15) is 17.4 Å².